The van der Waals surface area contributed by atoms with Gasteiger partial charge in [-0.2, -0.15) is 0 Å². The number of nitrogens with zero attached hydrogens (tertiary/aromatic N) is 1. The first kappa shape index (κ1) is 14.2. The van der Waals surface area contributed by atoms with Crippen LogP contribution in [0.4, 0.5) is 0 Å². The molecule has 1 atom stereocenters. The number of hydrogen-bond acceptors (Lipinski definition) is 4. The summed E-state index contributed by atoms with van der Waals surface area (Å²) in [6.45, 7) is 3.16. The van der Waals surface area contributed by atoms with E-state index < -0.39 is 0 Å². The lowest BCUT2D eigenvalue weighted by Crippen LogP contribution is -2.34. The largest absolute Gasteiger partial charge is 0.381 e. The van der Waals surface area contributed by atoms with Gasteiger partial charge in [0.15, 0.2) is 5.78 Å². The molecule has 1 aliphatic rings. The SMILES string of the molecule is CN(CC(=O)c1ccc(Br)s1)CC1CCCOC1. The molecule has 1 fully saturated rings. The van der Waals surface area contributed by atoms with Crippen LogP contribution in [0.2, 0.25) is 0 Å². The fourth-order valence-corrected chi connectivity index (χ4v) is 3.56. The van der Waals surface area contributed by atoms with Crippen molar-refractivity contribution < 1.29 is 9.53 Å². The van der Waals surface area contributed by atoms with Crippen LogP contribution in [0.25, 0.3) is 0 Å². The molecule has 5 heteroatoms. The highest BCUT2D eigenvalue weighted by Crippen LogP contribution is 2.22. The van der Waals surface area contributed by atoms with Gasteiger partial charge < -0.3 is 4.74 Å². The molecule has 18 heavy (non-hydrogen) atoms. The van der Waals surface area contributed by atoms with Crippen molar-refractivity contribution in [2.45, 2.75) is 12.8 Å². The minimum atomic E-state index is 0.199. The third-order valence-electron chi connectivity index (χ3n) is 3.09. The molecule has 0 aliphatic carbocycles. The smallest absolute Gasteiger partial charge is 0.186 e. The summed E-state index contributed by atoms with van der Waals surface area (Å²) in [5.41, 5.74) is 0. The van der Waals surface area contributed by atoms with Crippen LogP contribution >= 0.6 is 27.3 Å². The van der Waals surface area contributed by atoms with Gasteiger partial charge in [0, 0.05) is 13.2 Å². The first-order chi connectivity index (χ1) is 8.65. The van der Waals surface area contributed by atoms with Gasteiger partial charge in [-0.3, -0.25) is 9.69 Å². The molecule has 3 nitrogen and oxygen atoms in total. The lowest BCUT2D eigenvalue weighted by molar-refractivity contribution is 0.0416. The van der Waals surface area contributed by atoms with Gasteiger partial charge in [0.1, 0.15) is 0 Å². The summed E-state index contributed by atoms with van der Waals surface area (Å²) in [6.07, 6.45) is 2.35. The fraction of sp³-hybridized carbons (Fsp3) is 0.615. The predicted octanol–water partition coefficient (Wildman–Crippen LogP) is 3.05. The van der Waals surface area contributed by atoms with Gasteiger partial charge in [-0.05, 0) is 53.9 Å². The molecule has 0 aromatic carbocycles. The minimum absolute atomic E-state index is 0.199. The van der Waals surface area contributed by atoms with Gasteiger partial charge in [0.25, 0.3) is 0 Å². The number of carbonyl (C=O) groups excluding carboxylic acids is 1. The van der Waals surface area contributed by atoms with E-state index in [0.717, 1.165) is 34.8 Å². The van der Waals surface area contributed by atoms with E-state index in [1.807, 2.05) is 19.2 Å². The molecule has 0 radical (unpaired) electrons. The van der Waals surface area contributed by atoms with E-state index in [1.54, 1.807) is 0 Å². The lowest BCUT2D eigenvalue weighted by Gasteiger charge is -2.26. The second-order valence-electron chi connectivity index (χ2n) is 4.81. The molecule has 0 N–H and O–H groups in total. The molecule has 0 spiro atoms. The quantitative estimate of drug-likeness (QED) is 0.776. The molecule has 1 aromatic heterocycles. The highest BCUT2D eigenvalue weighted by atomic mass is 79.9. The number of ether oxygens (including phenoxy) is 1. The molecule has 0 saturated carbocycles. The van der Waals surface area contributed by atoms with Crippen LogP contribution in [-0.4, -0.2) is 44.0 Å². The van der Waals surface area contributed by atoms with E-state index >= 15 is 0 Å². The average molecular weight is 332 g/mol. The van der Waals surface area contributed by atoms with Crippen molar-refractivity contribution in [1.82, 2.24) is 4.90 Å². The summed E-state index contributed by atoms with van der Waals surface area (Å²) >= 11 is 4.88. The van der Waals surface area contributed by atoms with Crippen molar-refractivity contribution in [1.29, 1.82) is 0 Å². The Balaban J connectivity index is 1.79. The molecule has 1 unspecified atom stereocenters. The molecule has 1 aliphatic heterocycles. The summed E-state index contributed by atoms with van der Waals surface area (Å²) in [4.78, 5) is 15.0. The van der Waals surface area contributed by atoms with Gasteiger partial charge in [-0.1, -0.05) is 0 Å². The van der Waals surface area contributed by atoms with Gasteiger partial charge in [0.05, 0.1) is 21.8 Å². The Labute approximate surface area is 120 Å². The van der Waals surface area contributed by atoms with Crippen LogP contribution in [0.15, 0.2) is 15.9 Å². The summed E-state index contributed by atoms with van der Waals surface area (Å²) in [5.74, 6) is 0.775. The Morgan fingerprint density at radius 2 is 2.44 bits per heavy atom. The van der Waals surface area contributed by atoms with Crippen LogP contribution in [0, 0.1) is 5.92 Å². The number of carbonyl (C=O) groups is 1. The zero-order chi connectivity index (χ0) is 13.0. The predicted molar refractivity (Wildman–Crippen MR) is 77.4 cm³/mol. The number of hydrogen-bond donors (Lipinski definition) is 0. The lowest BCUT2D eigenvalue weighted by atomic mass is 10.0. The topological polar surface area (TPSA) is 29.5 Å². The van der Waals surface area contributed by atoms with E-state index in [2.05, 4.69) is 20.8 Å². The van der Waals surface area contributed by atoms with E-state index in [4.69, 9.17) is 4.74 Å². The molecule has 1 aromatic rings. The highest BCUT2D eigenvalue weighted by molar-refractivity contribution is 9.11. The zero-order valence-electron chi connectivity index (χ0n) is 10.5. The Bertz CT molecular complexity index is 401. The van der Waals surface area contributed by atoms with Crippen LogP contribution in [0.5, 0.6) is 0 Å². The van der Waals surface area contributed by atoms with Gasteiger partial charge in [-0.25, -0.2) is 0 Å². The number of Topliss-reactive ketones (excluding diaryl/α,β-unsaturated/α-hetero) is 1. The Morgan fingerprint density at radius 3 is 3.06 bits per heavy atom. The maximum absolute atomic E-state index is 12.0. The van der Waals surface area contributed by atoms with Crippen molar-refractivity contribution in [2.24, 2.45) is 5.92 Å². The number of rotatable bonds is 5. The van der Waals surface area contributed by atoms with Crippen molar-refractivity contribution >= 4 is 33.0 Å². The van der Waals surface area contributed by atoms with Crippen LogP contribution in [0.3, 0.4) is 0 Å². The molecular formula is C13H18BrNO2S. The number of halogens is 1. The Morgan fingerprint density at radius 1 is 1.61 bits per heavy atom. The monoisotopic (exact) mass is 331 g/mol. The van der Waals surface area contributed by atoms with Gasteiger partial charge in [0.2, 0.25) is 0 Å². The highest BCUT2D eigenvalue weighted by Gasteiger charge is 2.18. The standard InChI is InChI=1S/C13H18BrNO2S/c1-15(7-10-3-2-6-17-9-10)8-11(16)12-4-5-13(14)18-12/h4-5,10H,2-3,6-9H2,1H3. The van der Waals surface area contributed by atoms with Crippen molar-refractivity contribution in [3.8, 4) is 0 Å². The summed E-state index contributed by atoms with van der Waals surface area (Å²) in [6, 6.07) is 3.81. The molecular weight excluding hydrogens is 314 g/mol. The number of likely N-dealkylation sites (N-methyl/N-ethyl adjacent to an activating group) is 1. The minimum Gasteiger partial charge on any atom is -0.381 e. The van der Waals surface area contributed by atoms with E-state index in [9.17, 15) is 4.79 Å². The maximum Gasteiger partial charge on any atom is 0.186 e. The molecule has 0 bridgehead atoms. The number of thiophene rings is 1. The fourth-order valence-electron chi connectivity index (χ4n) is 2.24. The van der Waals surface area contributed by atoms with Crippen LogP contribution in [-0.2, 0) is 4.74 Å². The third-order valence-corrected chi connectivity index (χ3v) is 4.75. The molecule has 2 heterocycles. The number of ketones is 1. The Kier molecular flexibility index (Phi) is 5.36. The van der Waals surface area contributed by atoms with Crippen molar-refractivity contribution in [3.05, 3.63) is 20.8 Å². The second-order valence-corrected chi connectivity index (χ2v) is 7.27. The maximum atomic E-state index is 12.0. The Hall–Kier alpha value is -0.230. The third kappa shape index (κ3) is 4.16. The van der Waals surface area contributed by atoms with Gasteiger partial charge >= 0.3 is 0 Å². The molecule has 100 valence electrons. The summed E-state index contributed by atoms with van der Waals surface area (Å²) in [5, 5.41) is 0. The molecule has 2 rings (SSSR count). The molecule has 1 saturated heterocycles. The summed E-state index contributed by atoms with van der Waals surface area (Å²) < 4.78 is 6.47. The summed E-state index contributed by atoms with van der Waals surface area (Å²) in [7, 11) is 2.01. The van der Waals surface area contributed by atoms with E-state index in [0.29, 0.717) is 12.5 Å². The van der Waals surface area contributed by atoms with Crippen LogP contribution in [0.1, 0.15) is 22.5 Å². The first-order valence-corrected chi connectivity index (χ1v) is 7.81. The van der Waals surface area contributed by atoms with E-state index in [1.165, 1.54) is 17.8 Å². The first-order valence-electron chi connectivity index (χ1n) is 6.20. The van der Waals surface area contributed by atoms with Gasteiger partial charge in [-0.15, -0.1) is 11.3 Å². The van der Waals surface area contributed by atoms with Crippen molar-refractivity contribution in [3.63, 3.8) is 0 Å². The van der Waals surface area contributed by atoms with Crippen molar-refractivity contribution in [2.75, 3.05) is 33.4 Å². The normalized spacial score (nSPS) is 20.3. The second kappa shape index (κ2) is 6.80. The van der Waals surface area contributed by atoms with Crippen LogP contribution < -0.4 is 0 Å². The molecule has 0 amide bonds. The average Bonchev–Trinajstić information content (AvgIpc) is 2.77. The zero-order valence-corrected chi connectivity index (χ0v) is 12.9. The van der Waals surface area contributed by atoms with E-state index in [-0.39, 0.29) is 5.78 Å².